The molecular formula is C15H12ClF3N2O3S. The van der Waals surface area contributed by atoms with E-state index in [4.69, 9.17) is 16.4 Å². The fourth-order valence-electron chi connectivity index (χ4n) is 1.95. The van der Waals surface area contributed by atoms with Gasteiger partial charge in [-0.15, -0.1) is 0 Å². The highest BCUT2D eigenvalue weighted by Gasteiger charge is 2.46. The number of sulfonamides is 1. The van der Waals surface area contributed by atoms with E-state index in [0.29, 0.717) is 5.56 Å². The standard InChI is InChI=1S/C15H12ClF3N2O3S/c1-24-20-14(10-5-3-2-4-6-10)12-9-11(16)7-8-13(12)21-25(22,23)15(17,18)19/h2-9,21H,1H3/b20-14+. The quantitative estimate of drug-likeness (QED) is 0.617. The first-order valence-corrected chi connectivity index (χ1v) is 8.57. The van der Waals surface area contributed by atoms with Crippen LogP contribution in [0.1, 0.15) is 11.1 Å². The van der Waals surface area contributed by atoms with E-state index in [1.54, 1.807) is 30.3 Å². The van der Waals surface area contributed by atoms with Gasteiger partial charge >= 0.3 is 15.5 Å². The van der Waals surface area contributed by atoms with Crippen LogP contribution in [0, 0.1) is 0 Å². The highest BCUT2D eigenvalue weighted by Crippen LogP contribution is 2.30. The van der Waals surface area contributed by atoms with Gasteiger partial charge in [-0.25, -0.2) is 0 Å². The van der Waals surface area contributed by atoms with Crippen molar-refractivity contribution >= 4 is 33.0 Å². The van der Waals surface area contributed by atoms with Crippen LogP contribution in [-0.2, 0) is 14.9 Å². The Labute approximate surface area is 147 Å². The molecule has 0 amide bonds. The van der Waals surface area contributed by atoms with Crippen molar-refractivity contribution < 1.29 is 26.4 Å². The van der Waals surface area contributed by atoms with Gasteiger partial charge in [-0.2, -0.15) is 21.6 Å². The Kier molecular flexibility index (Phi) is 5.58. The summed E-state index contributed by atoms with van der Waals surface area (Å²) in [5.74, 6) is 0. The fraction of sp³-hybridized carbons (Fsp3) is 0.133. The van der Waals surface area contributed by atoms with Crippen LogP contribution in [0.15, 0.2) is 53.7 Å². The summed E-state index contributed by atoms with van der Waals surface area (Å²) in [4.78, 5) is 4.75. The third kappa shape index (κ3) is 4.43. The van der Waals surface area contributed by atoms with Crippen LogP contribution in [0.2, 0.25) is 5.02 Å². The van der Waals surface area contributed by atoms with Gasteiger partial charge < -0.3 is 4.84 Å². The first-order chi connectivity index (χ1) is 11.7. The van der Waals surface area contributed by atoms with Gasteiger partial charge in [0, 0.05) is 16.1 Å². The van der Waals surface area contributed by atoms with Crippen LogP contribution in [0.3, 0.4) is 0 Å². The number of nitrogens with zero attached hydrogens (tertiary/aromatic N) is 1. The normalized spacial score (nSPS) is 12.8. The third-order valence-corrected chi connectivity index (χ3v) is 4.35. The summed E-state index contributed by atoms with van der Waals surface area (Å²) in [6.45, 7) is 0. The van der Waals surface area contributed by atoms with Crippen molar-refractivity contribution in [2.24, 2.45) is 5.16 Å². The monoisotopic (exact) mass is 392 g/mol. The van der Waals surface area contributed by atoms with Crippen LogP contribution < -0.4 is 4.72 Å². The lowest BCUT2D eigenvalue weighted by molar-refractivity contribution is -0.0429. The van der Waals surface area contributed by atoms with Gasteiger partial charge in [0.15, 0.2) is 0 Å². The molecule has 0 aliphatic heterocycles. The second-order valence-electron chi connectivity index (χ2n) is 4.73. The molecule has 2 rings (SSSR count). The van der Waals surface area contributed by atoms with Gasteiger partial charge in [0.1, 0.15) is 12.8 Å². The highest BCUT2D eigenvalue weighted by atomic mass is 35.5. The average Bonchev–Trinajstić information content (AvgIpc) is 2.54. The second-order valence-corrected chi connectivity index (χ2v) is 6.84. The lowest BCUT2D eigenvalue weighted by Gasteiger charge is -2.15. The summed E-state index contributed by atoms with van der Waals surface area (Å²) in [6, 6.07) is 12.1. The number of nitrogens with one attached hydrogen (secondary N) is 1. The van der Waals surface area contributed by atoms with Crippen molar-refractivity contribution in [2.75, 3.05) is 11.8 Å². The van der Waals surface area contributed by atoms with Gasteiger partial charge in [0.05, 0.1) is 5.69 Å². The smallest absolute Gasteiger partial charge is 0.399 e. The molecule has 0 unspecified atom stereocenters. The lowest BCUT2D eigenvalue weighted by Crippen LogP contribution is -2.30. The summed E-state index contributed by atoms with van der Waals surface area (Å²) < 4.78 is 62.4. The van der Waals surface area contributed by atoms with Gasteiger partial charge in [0.2, 0.25) is 0 Å². The first-order valence-electron chi connectivity index (χ1n) is 6.71. The number of hydrogen-bond acceptors (Lipinski definition) is 4. The molecule has 0 bridgehead atoms. The minimum atomic E-state index is -5.61. The predicted octanol–water partition coefficient (Wildman–Crippen LogP) is 4.00. The summed E-state index contributed by atoms with van der Waals surface area (Å²) in [5, 5.41) is 3.99. The molecule has 10 heteroatoms. The fourth-order valence-corrected chi connectivity index (χ4v) is 2.70. The zero-order valence-corrected chi connectivity index (χ0v) is 14.3. The zero-order valence-electron chi connectivity index (χ0n) is 12.7. The molecule has 0 spiro atoms. The number of oxime groups is 1. The van der Waals surface area contributed by atoms with Gasteiger partial charge in [-0.1, -0.05) is 47.1 Å². The van der Waals surface area contributed by atoms with Crippen LogP contribution in [0.5, 0.6) is 0 Å². The largest absolute Gasteiger partial charge is 0.516 e. The number of hydrogen-bond donors (Lipinski definition) is 1. The molecule has 0 radical (unpaired) electrons. The Morgan fingerprint density at radius 2 is 1.80 bits per heavy atom. The molecule has 25 heavy (non-hydrogen) atoms. The Hall–Kier alpha value is -2.26. The molecule has 0 aromatic heterocycles. The van der Waals surface area contributed by atoms with Crippen molar-refractivity contribution in [3.63, 3.8) is 0 Å². The van der Waals surface area contributed by atoms with Gasteiger partial charge in [0.25, 0.3) is 0 Å². The molecule has 2 aromatic rings. The maximum Gasteiger partial charge on any atom is 0.516 e. The van der Waals surface area contributed by atoms with Crippen molar-refractivity contribution in [3.05, 3.63) is 64.7 Å². The number of anilines is 1. The topological polar surface area (TPSA) is 67.8 Å². The molecular weight excluding hydrogens is 381 g/mol. The summed E-state index contributed by atoms with van der Waals surface area (Å²) in [5.41, 5.74) is -5.14. The second kappa shape index (κ2) is 7.32. The van der Waals surface area contributed by atoms with Crippen molar-refractivity contribution in [2.45, 2.75) is 5.51 Å². The molecule has 134 valence electrons. The van der Waals surface area contributed by atoms with E-state index in [9.17, 15) is 21.6 Å². The Morgan fingerprint density at radius 3 is 2.36 bits per heavy atom. The van der Waals surface area contributed by atoms with E-state index >= 15 is 0 Å². The molecule has 0 aliphatic carbocycles. The molecule has 0 saturated carbocycles. The first kappa shape index (κ1) is 19.1. The van der Waals surface area contributed by atoms with E-state index < -0.39 is 15.5 Å². The summed E-state index contributed by atoms with van der Waals surface area (Å²) in [7, 11) is -4.35. The molecule has 1 N–H and O–H groups in total. The van der Waals surface area contributed by atoms with Crippen molar-refractivity contribution in [1.29, 1.82) is 0 Å². The maximum atomic E-state index is 12.7. The van der Waals surface area contributed by atoms with Crippen molar-refractivity contribution in [1.82, 2.24) is 0 Å². The van der Waals surface area contributed by atoms with Gasteiger partial charge in [-0.3, -0.25) is 4.72 Å². The molecule has 5 nitrogen and oxygen atoms in total. The molecule has 0 aliphatic rings. The number of rotatable bonds is 5. The lowest BCUT2D eigenvalue weighted by atomic mass is 10.0. The predicted molar refractivity (Wildman–Crippen MR) is 89.1 cm³/mol. The van der Waals surface area contributed by atoms with E-state index in [1.165, 1.54) is 24.0 Å². The van der Waals surface area contributed by atoms with Crippen LogP contribution in [-0.4, -0.2) is 26.7 Å². The molecule has 0 heterocycles. The SMILES string of the molecule is CO/N=C(\c1ccccc1)c1cc(Cl)ccc1NS(=O)(=O)C(F)(F)F. The Balaban J connectivity index is 2.61. The zero-order chi connectivity index (χ0) is 18.7. The summed E-state index contributed by atoms with van der Waals surface area (Å²) in [6.07, 6.45) is 0. The van der Waals surface area contributed by atoms with E-state index in [-0.39, 0.29) is 22.0 Å². The number of alkyl halides is 3. The molecule has 2 aromatic carbocycles. The van der Waals surface area contributed by atoms with E-state index in [0.717, 1.165) is 6.07 Å². The summed E-state index contributed by atoms with van der Waals surface area (Å²) >= 11 is 5.91. The maximum absolute atomic E-state index is 12.7. The minimum absolute atomic E-state index is 0.0355. The van der Waals surface area contributed by atoms with Crippen LogP contribution in [0.25, 0.3) is 0 Å². The molecule has 0 atom stereocenters. The van der Waals surface area contributed by atoms with Crippen LogP contribution >= 0.6 is 11.6 Å². The van der Waals surface area contributed by atoms with Crippen LogP contribution in [0.4, 0.5) is 18.9 Å². The number of halogens is 4. The van der Waals surface area contributed by atoms with E-state index in [2.05, 4.69) is 5.16 Å². The third-order valence-electron chi connectivity index (χ3n) is 3.02. The Bertz CT molecular complexity index is 885. The highest BCUT2D eigenvalue weighted by molar-refractivity contribution is 7.93. The van der Waals surface area contributed by atoms with E-state index in [1.807, 2.05) is 0 Å². The number of benzene rings is 2. The molecule has 0 fully saturated rings. The Morgan fingerprint density at radius 1 is 1.16 bits per heavy atom. The van der Waals surface area contributed by atoms with Gasteiger partial charge in [-0.05, 0) is 18.2 Å². The average molecular weight is 393 g/mol. The van der Waals surface area contributed by atoms with Crippen molar-refractivity contribution in [3.8, 4) is 0 Å². The molecule has 0 saturated heterocycles. The minimum Gasteiger partial charge on any atom is -0.399 e.